The van der Waals surface area contributed by atoms with Crippen LogP contribution in [0.15, 0.2) is 46.6 Å². The second-order valence-corrected chi connectivity index (χ2v) is 10.6. The fourth-order valence-electron chi connectivity index (χ4n) is 5.21. The van der Waals surface area contributed by atoms with Crippen molar-refractivity contribution in [2.45, 2.75) is 48.4 Å². The average molecular weight is 462 g/mol. The number of aromatic nitrogens is 3. The van der Waals surface area contributed by atoms with Gasteiger partial charge in [-0.15, -0.1) is 0 Å². The van der Waals surface area contributed by atoms with Gasteiger partial charge in [-0.1, -0.05) is 48.0 Å². The maximum absolute atomic E-state index is 6.54. The minimum atomic E-state index is 0.309. The van der Waals surface area contributed by atoms with Crippen LogP contribution in [-0.2, 0) is 0 Å². The number of nitrogens with zero attached hydrogens (tertiary/aromatic N) is 4. The van der Waals surface area contributed by atoms with Crippen LogP contribution < -0.4 is 10.6 Å². The molecule has 5 nitrogen and oxygen atoms in total. The van der Waals surface area contributed by atoms with Gasteiger partial charge >= 0.3 is 0 Å². The fourth-order valence-corrected chi connectivity index (χ4v) is 6.61. The predicted octanol–water partition coefficient (Wildman–Crippen LogP) is 5.53. The standard InChI is InChI=1S/C22H25Cl2N5S/c1-14-11-18(25)22(12-14)5-8-28(9-6-22)21-27-13-17(20-26-7-10-29(20)21)30-16-4-2-3-15(23)19(16)24/h2-4,7,10,13-14,18H,5-6,8-9,11-12,25H2,1H3/t14-,18+/m0/s1. The molecule has 0 amide bonds. The third kappa shape index (κ3) is 3.48. The maximum Gasteiger partial charge on any atom is 0.211 e. The Morgan fingerprint density at radius 3 is 2.70 bits per heavy atom. The molecule has 2 aromatic heterocycles. The highest BCUT2D eigenvalue weighted by atomic mass is 35.5. The summed E-state index contributed by atoms with van der Waals surface area (Å²) in [6.07, 6.45) is 10.4. The Balaban J connectivity index is 1.40. The lowest BCUT2D eigenvalue weighted by Gasteiger charge is -2.42. The van der Waals surface area contributed by atoms with Gasteiger partial charge in [0.25, 0.3) is 0 Å². The van der Waals surface area contributed by atoms with Crippen molar-refractivity contribution in [1.82, 2.24) is 14.4 Å². The first-order valence-electron chi connectivity index (χ1n) is 10.4. The van der Waals surface area contributed by atoms with Crippen LogP contribution >= 0.6 is 35.0 Å². The predicted molar refractivity (Wildman–Crippen MR) is 124 cm³/mol. The lowest BCUT2D eigenvalue weighted by Crippen LogP contribution is -2.47. The molecule has 158 valence electrons. The van der Waals surface area contributed by atoms with Crippen molar-refractivity contribution < 1.29 is 0 Å². The van der Waals surface area contributed by atoms with Crippen molar-refractivity contribution in [3.63, 3.8) is 0 Å². The first-order chi connectivity index (χ1) is 14.5. The molecule has 1 spiro atoms. The summed E-state index contributed by atoms with van der Waals surface area (Å²) in [7, 11) is 0. The molecule has 2 atom stereocenters. The molecule has 0 unspecified atom stereocenters. The van der Waals surface area contributed by atoms with E-state index < -0.39 is 0 Å². The molecule has 2 fully saturated rings. The van der Waals surface area contributed by atoms with Gasteiger partial charge in [-0.3, -0.25) is 4.40 Å². The van der Waals surface area contributed by atoms with E-state index in [0.717, 1.165) is 59.7 Å². The third-order valence-electron chi connectivity index (χ3n) is 6.75. The number of benzene rings is 1. The van der Waals surface area contributed by atoms with E-state index in [2.05, 4.69) is 21.2 Å². The summed E-state index contributed by atoms with van der Waals surface area (Å²) in [5, 5.41) is 1.11. The maximum atomic E-state index is 6.54. The van der Waals surface area contributed by atoms with E-state index in [4.69, 9.17) is 33.9 Å². The second kappa shape index (κ2) is 7.90. The number of anilines is 1. The van der Waals surface area contributed by atoms with Gasteiger partial charge in [0, 0.05) is 42.6 Å². The molecule has 0 bridgehead atoms. The summed E-state index contributed by atoms with van der Waals surface area (Å²) in [6.45, 7) is 4.29. The zero-order valence-corrected chi connectivity index (χ0v) is 19.2. The van der Waals surface area contributed by atoms with Crippen LogP contribution in [0.5, 0.6) is 0 Å². The number of hydrogen-bond acceptors (Lipinski definition) is 5. The molecule has 0 radical (unpaired) electrons. The lowest BCUT2D eigenvalue weighted by molar-refractivity contribution is 0.192. The van der Waals surface area contributed by atoms with Crippen LogP contribution in [-0.4, -0.2) is 33.5 Å². The van der Waals surface area contributed by atoms with Crippen molar-refractivity contribution in [2.24, 2.45) is 17.1 Å². The number of piperidine rings is 1. The molecule has 2 N–H and O–H groups in total. The van der Waals surface area contributed by atoms with E-state index in [0.29, 0.717) is 21.5 Å². The smallest absolute Gasteiger partial charge is 0.211 e. The van der Waals surface area contributed by atoms with Crippen molar-refractivity contribution in [3.05, 3.63) is 46.8 Å². The van der Waals surface area contributed by atoms with Gasteiger partial charge < -0.3 is 10.6 Å². The van der Waals surface area contributed by atoms with Crippen LogP contribution in [0, 0.1) is 11.3 Å². The number of imidazole rings is 1. The van der Waals surface area contributed by atoms with Gasteiger partial charge in [0.15, 0.2) is 5.65 Å². The van der Waals surface area contributed by atoms with E-state index in [9.17, 15) is 0 Å². The van der Waals surface area contributed by atoms with Crippen molar-refractivity contribution in [2.75, 3.05) is 18.0 Å². The second-order valence-electron chi connectivity index (χ2n) is 8.70. The molecule has 3 aromatic rings. The number of nitrogens with two attached hydrogens (primary N) is 1. The summed E-state index contributed by atoms with van der Waals surface area (Å²) < 4.78 is 2.08. The van der Waals surface area contributed by atoms with Gasteiger partial charge in [-0.2, -0.15) is 0 Å². The van der Waals surface area contributed by atoms with Crippen LogP contribution in [0.1, 0.15) is 32.6 Å². The average Bonchev–Trinajstić information content (AvgIpc) is 3.32. The van der Waals surface area contributed by atoms with Crippen molar-refractivity contribution in [3.8, 4) is 0 Å². The molecule has 1 aliphatic heterocycles. The van der Waals surface area contributed by atoms with Crippen LogP contribution in [0.4, 0.5) is 5.95 Å². The van der Waals surface area contributed by atoms with Gasteiger partial charge in [-0.05, 0) is 49.1 Å². The van der Waals surface area contributed by atoms with Gasteiger partial charge in [-0.25, -0.2) is 9.97 Å². The molecule has 2 aliphatic rings. The Labute approximate surface area is 191 Å². The van der Waals surface area contributed by atoms with Crippen LogP contribution in [0.3, 0.4) is 0 Å². The highest BCUT2D eigenvalue weighted by Crippen LogP contribution is 2.48. The zero-order valence-electron chi connectivity index (χ0n) is 16.9. The lowest BCUT2D eigenvalue weighted by atomic mass is 9.74. The monoisotopic (exact) mass is 461 g/mol. The molecule has 3 heterocycles. The molecule has 1 aromatic carbocycles. The Kier molecular flexibility index (Phi) is 5.38. The molecule has 1 saturated heterocycles. The van der Waals surface area contributed by atoms with Crippen LogP contribution in [0.2, 0.25) is 10.0 Å². The summed E-state index contributed by atoms with van der Waals surface area (Å²) >= 11 is 14.1. The summed E-state index contributed by atoms with van der Waals surface area (Å²) in [4.78, 5) is 13.6. The molecule has 5 rings (SSSR count). The molecule has 1 saturated carbocycles. The highest BCUT2D eigenvalue weighted by Gasteiger charge is 2.45. The third-order valence-corrected chi connectivity index (χ3v) is 8.75. The quantitative estimate of drug-likeness (QED) is 0.555. The Bertz CT molecular complexity index is 1080. The van der Waals surface area contributed by atoms with Crippen molar-refractivity contribution in [1.29, 1.82) is 0 Å². The largest absolute Gasteiger partial charge is 0.342 e. The van der Waals surface area contributed by atoms with E-state index >= 15 is 0 Å². The van der Waals surface area contributed by atoms with E-state index in [-0.39, 0.29) is 0 Å². The van der Waals surface area contributed by atoms with Crippen molar-refractivity contribution >= 4 is 46.6 Å². The summed E-state index contributed by atoms with van der Waals surface area (Å²) in [6, 6.07) is 5.99. The van der Waals surface area contributed by atoms with E-state index in [1.165, 1.54) is 18.2 Å². The number of rotatable bonds is 3. The molecule has 30 heavy (non-hydrogen) atoms. The highest BCUT2D eigenvalue weighted by molar-refractivity contribution is 7.99. The number of fused-ring (bicyclic) bond motifs is 1. The van der Waals surface area contributed by atoms with Gasteiger partial charge in [0.2, 0.25) is 5.95 Å². The Morgan fingerprint density at radius 1 is 1.17 bits per heavy atom. The van der Waals surface area contributed by atoms with E-state index in [1.54, 1.807) is 6.07 Å². The SMILES string of the molecule is C[C@H]1C[C@@H](N)C2(CCN(c3ncc(Sc4cccc(Cl)c4Cl)c4nccn34)CC2)C1. The molecular weight excluding hydrogens is 437 g/mol. The minimum absolute atomic E-state index is 0.309. The number of hydrogen-bond donors (Lipinski definition) is 1. The first-order valence-corrected chi connectivity index (χ1v) is 12.0. The first kappa shape index (κ1) is 20.4. The Morgan fingerprint density at radius 2 is 1.97 bits per heavy atom. The number of halogens is 2. The molecular formula is C22H25Cl2N5S. The minimum Gasteiger partial charge on any atom is -0.342 e. The normalized spacial score (nSPS) is 23.5. The molecule has 1 aliphatic carbocycles. The van der Waals surface area contributed by atoms with E-state index in [1.807, 2.05) is 30.7 Å². The fraction of sp³-hybridized carbons (Fsp3) is 0.455. The summed E-state index contributed by atoms with van der Waals surface area (Å²) in [5.41, 5.74) is 7.73. The van der Waals surface area contributed by atoms with Gasteiger partial charge in [0.1, 0.15) is 0 Å². The van der Waals surface area contributed by atoms with Gasteiger partial charge in [0.05, 0.1) is 14.9 Å². The van der Waals surface area contributed by atoms with Crippen LogP contribution in [0.25, 0.3) is 5.65 Å². The summed E-state index contributed by atoms with van der Waals surface area (Å²) in [5.74, 6) is 1.68. The molecule has 8 heteroatoms. The zero-order chi connectivity index (χ0) is 20.9. The Hall–Kier alpha value is -1.47. The topological polar surface area (TPSA) is 59.5 Å².